The van der Waals surface area contributed by atoms with Crippen LogP contribution in [0.25, 0.3) is 0 Å². The SMILES string of the molecule is CCCCN(C(=O)CCCl)c1ccccc1. The molecule has 0 saturated carbocycles. The van der Waals surface area contributed by atoms with E-state index in [4.69, 9.17) is 11.6 Å². The topological polar surface area (TPSA) is 20.3 Å². The fraction of sp³-hybridized carbons (Fsp3) is 0.462. The summed E-state index contributed by atoms with van der Waals surface area (Å²) in [5.41, 5.74) is 0.964. The summed E-state index contributed by atoms with van der Waals surface area (Å²) in [5.74, 6) is 0.489. The third-order valence-electron chi connectivity index (χ3n) is 2.41. The van der Waals surface area contributed by atoms with Gasteiger partial charge in [0, 0.05) is 24.5 Å². The van der Waals surface area contributed by atoms with Crippen LogP contribution in [0.4, 0.5) is 5.69 Å². The number of carbonyl (C=O) groups is 1. The van der Waals surface area contributed by atoms with Crippen LogP contribution in [-0.4, -0.2) is 18.3 Å². The zero-order chi connectivity index (χ0) is 11.8. The van der Waals surface area contributed by atoms with Crippen molar-refractivity contribution in [3.8, 4) is 0 Å². The molecule has 1 amide bonds. The van der Waals surface area contributed by atoms with E-state index in [2.05, 4.69) is 6.92 Å². The normalized spacial score (nSPS) is 10.1. The third-order valence-corrected chi connectivity index (χ3v) is 2.60. The highest BCUT2D eigenvalue weighted by Gasteiger charge is 2.13. The molecule has 1 rings (SSSR count). The Hall–Kier alpha value is -1.02. The van der Waals surface area contributed by atoms with E-state index in [1.54, 1.807) is 0 Å². The molecule has 2 nitrogen and oxygen atoms in total. The van der Waals surface area contributed by atoms with Gasteiger partial charge in [-0.05, 0) is 18.6 Å². The van der Waals surface area contributed by atoms with Crippen molar-refractivity contribution in [1.82, 2.24) is 0 Å². The summed E-state index contributed by atoms with van der Waals surface area (Å²) in [6, 6.07) is 9.77. The molecule has 0 aliphatic rings. The molecule has 0 saturated heterocycles. The van der Waals surface area contributed by atoms with E-state index in [0.29, 0.717) is 12.3 Å². The standard InChI is InChI=1S/C13H18ClNO/c1-2-3-11-15(13(16)9-10-14)12-7-5-4-6-8-12/h4-8H,2-3,9-11H2,1H3. The first-order valence-corrected chi connectivity index (χ1v) is 6.24. The fourth-order valence-corrected chi connectivity index (χ4v) is 1.70. The number of para-hydroxylation sites is 1. The summed E-state index contributed by atoms with van der Waals surface area (Å²) in [5, 5.41) is 0. The molecule has 0 radical (unpaired) electrons. The third kappa shape index (κ3) is 3.86. The van der Waals surface area contributed by atoms with Crippen molar-refractivity contribution in [2.45, 2.75) is 26.2 Å². The maximum Gasteiger partial charge on any atom is 0.228 e. The Morgan fingerprint density at radius 2 is 2.00 bits per heavy atom. The first-order chi connectivity index (χ1) is 7.79. The maximum absolute atomic E-state index is 11.9. The molecular weight excluding hydrogens is 222 g/mol. The fourth-order valence-electron chi connectivity index (χ4n) is 1.54. The number of halogens is 1. The number of hydrogen-bond acceptors (Lipinski definition) is 1. The average molecular weight is 240 g/mol. The number of anilines is 1. The molecule has 1 aromatic carbocycles. The number of unbranched alkanes of at least 4 members (excludes halogenated alkanes) is 1. The quantitative estimate of drug-likeness (QED) is 0.697. The first-order valence-electron chi connectivity index (χ1n) is 5.71. The summed E-state index contributed by atoms with van der Waals surface area (Å²) < 4.78 is 0. The summed E-state index contributed by atoms with van der Waals surface area (Å²) in [7, 11) is 0. The van der Waals surface area contributed by atoms with Crippen LogP contribution in [0, 0.1) is 0 Å². The summed E-state index contributed by atoms with van der Waals surface area (Å²) in [4.78, 5) is 13.7. The molecule has 88 valence electrons. The molecule has 0 atom stereocenters. The van der Waals surface area contributed by atoms with Gasteiger partial charge in [-0.3, -0.25) is 4.79 Å². The van der Waals surface area contributed by atoms with Crippen LogP contribution in [0.5, 0.6) is 0 Å². The van der Waals surface area contributed by atoms with Gasteiger partial charge >= 0.3 is 0 Å². The summed E-state index contributed by atoms with van der Waals surface area (Å²) in [6.45, 7) is 2.89. The number of carbonyl (C=O) groups excluding carboxylic acids is 1. The van der Waals surface area contributed by atoms with Gasteiger partial charge in [-0.2, -0.15) is 0 Å². The molecule has 0 bridgehead atoms. The minimum atomic E-state index is 0.106. The Morgan fingerprint density at radius 1 is 1.31 bits per heavy atom. The van der Waals surface area contributed by atoms with Gasteiger partial charge in [0.1, 0.15) is 0 Å². The van der Waals surface area contributed by atoms with Crippen LogP contribution in [0.3, 0.4) is 0 Å². The zero-order valence-electron chi connectivity index (χ0n) is 9.66. The minimum Gasteiger partial charge on any atom is -0.312 e. The highest BCUT2D eigenvalue weighted by molar-refractivity contribution is 6.19. The molecule has 0 N–H and O–H groups in total. The molecular formula is C13H18ClNO. The minimum absolute atomic E-state index is 0.106. The molecule has 3 heteroatoms. The second kappa shape index (κ2) is 7.29. The highest BCUT2D eigenvalue weighted by atomic mass is 35.5. The van der Waals surface area contributed by atoms with Crippen LogP contribution in [0.1, 0.15) is 26.2 Å². The molecule has 0 aliphatic carbocycles. The van der Waals surface area contributed by atoms with E-state index in [1.165, 1.54) is 0 Å². The Labute approximate surface area is 102 Å². The van der Waals surface area contributed by atoms with Gasteiger partial charge in [0.15, 0.2) is 0 Å². The highest BCUT2D eigenvalue weighted by Crippen LogP contribution is 2.15. The Morgan fingerprint density at radius 3 is 2.56 bits per heavy atom. The van der Waals surface area contributed by atoms with Gasteiger partial charge in [-0.15, -0.1) is 11.6 Å². The van der Waals surface area contributed by atoms with Crippen molar-refractivity contribution >= 4 is 23.2 Å². The van der Waals surface area contributed by atoms with Crippen molar-refractivity contribution < 1.29 is 4.79 Å². The Kier molecular flexibility index (Phi) is 5.94. The second-order valence-electron chi connectivity index (χ2n) is 3.67. The van der Waals surface area contributed by atoms with Crippen molar-refractivity contribution in [2.75, 3.05) is 17.3 Å². The van der Waals surface area contributed by atoms with Crippen molar-refractivity contribution in [3.63, 3.8) is 0 Å². The lowest BCUT2D eigenvalue weighted by atomic mass is 10.2. The van der Waals surface area contributed by atoms with Gasteiger partial charge in [0.2, 0.25) is 5.91 Å². The summed E-state index contributed by atoms with van der Waals surface area (Å²) >= 11 is 5.61. The molecule has 0 unspecified atom stereocenters. The Bertz CT molecular complexity index is 313. The van der Waals surface area contributed by atoms with E-state index in [-0.39, 0.29) is 5.91 Å². The van der Waals surface area contributed by atoms with Gasteiger partial charge in [0.05, 0.1) is 0 Å². The molecule has 0 heterocycles. The predicted octanol–water partition coefficient (Wildman–Crippen LogP) is 3.45. The number of benzene rings is 1. The number of hydrogen-bond donors (Lipinski definition) is 0. The van der Waals surface area contributed by atoms with Crippen molar-refractivity contribution in [2.24, 2.45) is 0 Å². The van der Waals surface area contributed by atoms with Crippen LogP contribution in [0.15, 0.2) is 30.3 Å². The summed E-state index contributed by atoms with van der Waals surface area (Å²) in [6.07, 6.45) is 2.50. The average Bonchev–Trinajstić information content (AvgIpc) is 2.31. The van der Waals surface area contributed by atoms with Gasteiger partial charge < -0.3 is 4.90 Å². The van der Waals surface area contributed by atoms with Crippen LogP contribution < -0.4 is 4.90 Å². The molecule has 0 aliphatic heterocycles. The monoisotopic (exact) mass is 239 g/mol. The van der Waals surface area contributed by atoms with E-state index >= 15 is 0 Å². The van der Waals surface area contributed by atoms with Crippen molar-refractivity contribution in [1.29, 1.82) is 0 Å². The number of alkyl halides is 1. The molecule has 1 aromatic rings. The predicted molar refractivity (Wildman–Crippen MR) is 69.0 cm³/mol. The van der Waals surface area contributed by atoms with Gasteiger partial charge in [-0.1, -0.05) is 31.5 Å². The van der Waals surface area contributed by atoms with E-state index in [0.717, 1.165) is 25.1 Å². The number of nitrogens with zero attached hydrogens (tertiary/aromatic N) is 1. The maximum atomic E-state index is 11.9. The van der Waals surface area contributed by atoms with Gasteiger partial charge in [0.25, 0.3) is 0 Å². The largest absolute Gasteiger partial charge is 0.312 e. The zero-order valence-corrected chi connectivity index (χ0v) is 10.4. The lowest BCUT2D eigenvalue weighted by Gasteiger charge is -2.22. The lowest BCUT2D eigenvalue weighted by molar-refractivity contribution is -0.118. The molecule has 16 heavy (non-hydrogen) atoms. The molecule has 0 aromatic heterocycles. The van der Waals surface area contributed by atoms with Crippen LogP contribution in [0.2, 0.25) is 0 Å². The van der Waals surface area contributed by atoms with E-state index < -0.39 is 0 Å². The number of rotatable bonds is 6. The Balaban J connectivity index is 2.74. The smallest absolute Gasteiger partial charge is 0.228 e. The lowest BCUT2D eigenvalue weighted by Crippen LogP contribution is -2.31. The second-order valence-corrected chi connectivity index (χ2v) is 4.05. The van der Waals surface area contributed by atoms with Crippen LogP contribution >= 0.6 is 11.6 Å². The number of amides is 1. The molecule has 0 spiro atoms. The molecule has 0 fully saturated rings. The van der Waals surface area contributed by atoms with Crippen molar-refractivity contribution in [3.05, 3.63) is 30.3 Å². The van der Waals surface area contributed by atoms with E-state index in [1.807, 2.05) is 35.2 Å². The van der Waals surface area contributed by atoms with Crippen LogP contribution in [-0.2, 0) is 4.79 Å². The van der Waals surface area contributed by atoms with E-state index in [9.17, 15) is 4.79 Å². The first kappa shape index (κ1) is 13.0. The van der Waals surface area contributed by atoms with Gasteiger partial charge in [-0.25, -0.2) is 0 Å².